The summed E-state index contributed by atoms with van der Waals surface area (Å²) in [5.41, 5.74) is -4.30. The number of benzene rings is 2. The van der Waals surface area contributed by atoms with Crippen LogP contribution in [0, 0.1) is 16.0 Å². The number of nitro groups is 1. The minimum atomic E-state index is -5.38. The Bertz CT molecular complexity index is 949. The molecule has 3 N–H and O–H groups in total. The normalized spacial score (nSPS) is 24.3. The van der Waals surface area contributed by atoms with Crippen molar-refractivity contribution in [1.82, 2.24) is 10.6 Å². The van der Waals surface area contributed by atoms with Crippen LogP contribution in [0.25, 0.3) is 0 Å². The van der Waals surface area contributed by atoms with E-state index in [-0.39, 0.29) is 16.8 Å². The Morgan fingerprint density at radius 3 is 2.21 bits per heavy atom. The van der Waals surface area contributed by atoms with Crippen LogP contribution >= 0.6 is 0 Å². The number of nitrogens with one attached hydrogen (secondary N) is 2. The fraction of sp³-hybridized carbons (Fsp3) is 0.222. The van der Waals surface area contributed by atoms with Crippen molar-refractivity contribution in [3.05, 3.63) is 75.8 Å². The van der Waals surface area contributed by atoms with Crippen LogP contribution in [0.2, 0.25) is 0 Å². The van der Waals surface area contributed by atoms with Crippen LogP contribution in [0.5, 0.6) is 0 Å². The molecule has 1 aliphatic heterocycles. The smallest absolute Gasteiger partial charge is 0.363 e. The summed E-state index contributed by atoms with van der Waals surface area (Å²) in [6, 6.07) is 8.36. The lowest BCUT2D eigenvalue weighted by Crippen LogP contribution is -2.72. The Hall–Kier alpha value is -3.47. The van der Waals surface area contributed by atoms with E-state index in [4.69, 9.17) is 0 Å². The summed E-state index contributed by atoms with van der Waals surface area (Å²) in [5, 5.41) is 24.9. The van der Waals surface area contributed by atoms with E-state index in [0.29, 0.717) is 0 Å². The zero-order valence-electron chi connectivity index (χ0n) is 14.5. The van der Waals surface area contributed by atoms with Crippen LogP contribution in [0.1, 0.15) is 22.0 Å². The van der Waals surface area contributed by atoms with Gasteiger partial charge in [0.15, 0.2) is 5.78 Å². The van der Waals surface area contributed by atoms with Crippen molar-refractivity contribution in [2.45, 2.75) is 17.9 Å². The predicted octanol–water partition coefficient (Wildman–Crippen LogP) is 2.70. The summed E-state index contributed by atoms with van der Waals surface area (Å²) in [6.45, 7) is 0. The van der Waals surface area contributed by atoms with Gasteiger partial charge in [-0.15, -0.1) is 0 Å². The summed E-state index contributed by atoms with van der Waals surface area (Å²) in [5.74, 6) is -3.26. The molecule has 1 heterocycles. The molecule has 11 heteroatoms. The number of nitro benzene ring substituents is 1. The topological polar surface area (TPSA) is 122 Å². The fourth-order valence-corrected chi connectivity index (χ4v) is 3.20. The number of Topliss-reactive ketones (excluding diaryl/α,β-unsaturated/α-hetero) is 1. The van der Waals surface area contributed by atoms with Gasteiger partial charge < -0.3 is 15.7 Å². The fourth-order valence-electron chi connectivity index (χ4n) is 3.20. The van der Waals surface area contributed by atoms with E-state index in [1.54, 1.807) is 6.07 Å². The van der Waals surface area contributed by atoms with Crippen LogP contribution in [-0.4, -0.2) is 33.7 Å². The summed E-state index contributed by atoms with van der Waals surface area (Å²) < 4.78 is 41.3. The molecule has 0 bridgehead atoms. The molecule has 1 fully saturated rings. The van der Waals surface area contributed by atoms with Gasteiger partial charge in [0.25, 0.3) is 5.69 Å². The Kier molecular flexibility index (Phi) is 5.01. The first-order valence-corrected chi connectivity index (χ1v) is 8.26. The lowest BCUT2D eigenvalue weighted by molar-refractivity contribution is -0.384. The molecule has 2 amide bonds. The van der Waals surface area contributed by atoms with Crippen LogP contribution in [0.15, 0.2) is 54.6 Å². The maximum absolute atomic E-state index is 13.8. The maximum Gasteiger partial charge on any atom is 0.437 e. The SMILES string of the molecule is O=C1N[C@H](c2ccc([N+](=O)[O-])cc2)[C@@H](C(=O)c2ccccc2)[C@@](O)(C(F)(F)F)N1. The molecule has 152 valence electrons. The number of ketones is 1. The van der Waals surface area contributed by atoms with E-state index in [1.807, 2.05) is 0 Å². The first-order chi connectivity index (χ1) is 13.5. The molecule has 0 aliphatic carbocycles. The van der Waals surface area contributed by atoms with Gasteiger partial charge in [-0.1, -0.05) is 42.5 Å². The Balaban J connectivity index is 2.14. The number of rotatable bonds is 4. The Labute approximate surface area is 161 Å². The van der Waals surface area contributed by atoms with Crippen molar-refractivity contribution in [2.24, 2.45) is 5.92 Å². The van der Waals surface area contributed by atoms with Crippen molar-refractivity contribution in [3.63, 3.8) is 0 Å². The standard InChI is InChI=1S/C18H14F3N3O5/c19-18(20,21)17(27)13(15(25)11-4-2-1-3-5-11)14(22-16(26)23-17)10-6-8-12(9-7-10)24(28)29/h1-9,13-14,27H,(H2,22,23,26)/t13-,14+,17+/m0/s1. The summed E-state index contributed by atoms with van der Waals surface area (Å²) in [4.78, 5) is 35.0. The minimum Gasteiger partial charge on any atom is -0.363 e. The van der Waals surface area contributed by atoms with Crippen LogP contribution in [0.3, 0.4) is 0 Å². The first kappa shape index (κ1) is 20.3. The number of halogens is 3. The number of amides is 2. The molecule has 2 aromatic rings. The molecule has 1 aliphatic rings. The molecule has 1 saturated heterocycles. The quantitative estimate of drug-likeness (QED) is 0.407. The molecular weight excluding hydrogens is 395 g/mol. The monoisotopic (exact) mass is 409 g/mol. The van der Waals surface area contributed by atoms with Gasteiger partial charge in [-0.2, -0.15) is 13.2 Å². The minimum absolute atomic E-state index is 0.0117. The van der Waals surface area contributed by atoms with Gasteiger partial charge in [-0.25, -0.2) is 4.79 Å². The third-order valence-electron chi connectivity index (χ3n) is 4.61. The molecule has 3 atom stereocenters. The number of hydrogen-bond donors (Lipinski definition) is 3. The molecule has 0 aromatic heterocycles. The Morgan fingerprint density at radius 1 is 1.10 bits per heavy atom. The maximum atomic E-state index is 13.8. The van der Waals surface area contributed by atoms with E-state index in [1.165, 1.54) is 29.6 Å². The van der Waals surface area contributed by atoms with Crippen LogP contribution in [-0.2, 0) is 0 Å². The highest BCUT2D eigenvalue weighted by Crippen LogP contribution is 2.44. The second-order valence-electron chi connectivity index (χ2n) is 6.40. The zero-order chi connectivity index (χ0) is 21.4. The average molecular weight is 409 g/mol. The van der Waals surface area contributed by atoms with Gasteiger partial charge in [0.2, 0.25) is 5.72 Å². The third kappa shape index (κ3) is 3.63. The first-order valence-electron chi connectivity index (χ1n) is 8.26. The molecule has 0 spiro atoms. The molecule has 2 aromatic carbocycles. The van der Waals surface area contributed by atoms with Gasteiger partial charge >= 0.3 is 12.2 Å². The lowest BCUT2D eigenvalue weighted by Gasteiger charge is -2.45. The number of carbonyl (C=O) groups is 2. The van der Waals surface area contributed by atoms with Crippen LogP contribution < -0.4 is 10.6 Å². The molecular formula is C18H14F3N3O5. The van der Waals surface area contributed by atoms with Crippen molar-refractivity contribution >= 4 is 17.5 Å². The number of non-ortho nitro benzene ring substituents is 1. The molecule has 0 unspecified atom stereocenters. The number of aliphatic hydroxyl groups is 1. The number of carbonyl (C=O) groups excluding carboxylic acids is 2. The van der Waals surface area contributed by atoms with E-state index in [0.717, 1.165) is 24.3 Å². The van der Waals surface area contributed by atoms with Crippen molar-refractivity contribution in [1.29, 1.82) is 0 Å². The second-order valence-corrected chi connectivity index (χ2v) is 6.40. The molecule has 8 nitrogen and oxygen atoms in total. The molecule has 3 rings (SSSR count). The summed E-state index contributed by atoms with van der Waals surface area (Å²) >= 11 is 0. The molecule has 0 saturated carbocycles. The highest BCUT2D eigenvalue weighted by Gasteiger charge is 2.66. The lowest BCUT2D eigenvalue weighted by atomic mass is 9.77. The molecule has 29 heavy (non-hydrogen) atoms. The predicted molar refractivity (Wildman–Crippen MR) is 92.8 cm³/mol. The number of alkyl halides is 3. The van der Waals surface area contributed by atoms with Gasteiger partial charge in [0.1, 0.15) is 5.92 Å². The van der Waals surface area contributed by atoms with Crippen molar-refractivity contribution in [3.8, 4) is 0 Å². The van der Waals surface area contributed by atoms with Crippen molar-refractivity contribution in [2.75, 3.05) is 0 Å². The second kappa shape index (κ2) is 7.17. The molecule has 0 radical (unpaired) electrons. The van der Waals surface area contributed by atoms with Crippen molar-refractivity contribution < 1.29 is 32.8 Å². The van der Waals surface area contributed by atoms with Gasteiger partial charge in [-0.05, 0) is 5.56 Å². The van der Waals surface area contributed by atoms with Gasteiger partial charge in [0, 0.05) is 17.7 Å². The zero-order valence-corrected chi connectivity index (χ0v) is 14.5. The number of hydrogen-bond acceptors (Lipinski definition) is 5. The van der Waals surface area contributed by atoms with E-state index in [9.17, 15) is 38.0 Å². The van der Waals surface area contributed by atoms with E-state index in [2.05, 4.69) is 5.32 Å². The van der Waals surface area contributed by atoms with Gasteiger partial charge in [-0.3, -0.25) is 14.9 Å². The van der Waals surface area contributed by atoms with E-state index >= 15 is 0 Å². The summed E-state index contributed by atoms with van der Waals surface area (Å²) in [6.07, 6.45) is -5.38. The average Bonchev–Trinajstić information content (AvgIpc) is 2.67. The summed E-state index contributed by atoms with van der Waals surface area (Å²) in [7, 11) is 0. The third-order valence-corrected chi connectivity index (χ3v) is 4.61. The number of urea groups is 1. The largest absolute Gasteiger partial charge is 0.437 e. The van der Waals surface area contributed by atoms with E-state index < -0.39 is 40.6 Å². The Morgan fingerprint density at radius 2 is 1.69 bits per heavy atom. The van der Waals surface area contributed by atoms with Crippen LogP contribution in [0.4, 0.5) is 23.7 Å². The number of nitrogens with zero attached hydrogens (tertiary/aromatic N) is 1. The highest BCUT2D eigenvalue weighted by atomic mass is 19.4. The highest BCUT2D eigenvalue weighted by molar-refractivity contribution is 6.00. The van der Waals surface area contributed by atoms with Gasteiger partial charge in [0.05, 0.1) is 11.0 Å².